The second kappa shape index (κ2) is 8.19. The minimum absolute atomic E-state index is 0.00186. The number of rotatable bonds is 8. The predicted octanol–water partition coefficient (Wildman–Crippen LogP) is 0.635. The molecule has 0 atom stereocenters. The second-order valence-electron chi connectivity index (χ2n) is 4.17. The zero-order chi connectivity index (χ0) is 17.6. The summed E-state index contributed by atoms with van der Waals surface area (Å²) in [6, 6.07) is 3.05. The van der Waals surface area contributed by atoms with Crippen molar-refractivity contribution in [2.75, 3.05) is 6.61 Å². The topological polar surface area (TPSA) is 153 Å². The van der Waals surface area contributed by atoms with Crippen LogP contribution in [0.5, 0.6) is 0 Å². The lowest BCUT2D eigenvalue weighted by atomic mass is 10.2. The second-order valence-corrected chi connectivity index (χ2v) is 6.23. The number of carbonyl (C=O) groups is 2. The summed E-state index contributed by atoms with van der Waals surface area (Å²) in [7, 11) is -4.34. The Bertz CT molecular complexity index is 691. The average molecular weight is 369 g/mol. The normalized spacial score (nSPS) is 11.5. The van der Waals surface area contributed by atoms with Crippen LogP contribution in [0.25, 0.3) is 0 Å². The molecule has 0 aliphatic rings. The van der Waals surface area contributed by atoms with Crippen molar-refractivity contribution >= 4 is 33.5 Å². The number of carboxylic acid groups (broad SMARTS) is 1. The van der Waals surface area contributed by atoms with Crippen molar-refractivity contribution in [2.24, 2.45) is 0 Å². The molecule has 0 saturated carbocycles. The van der Waals surface area contributed by atoms with Crippen LogP contribution in [-0.4, -0.2) is 47.8 Å². The van der Waals surface area contributed by atoms with Gasteiger partial charge in [0.2, 0.25) is 5.91 Å². The minimum atomic E-state index is -4.34. The number of nitrogens with one attached hydrogen (secondary N) is 1. The highest BCUT2D eigenvalue weighted by Gasteiger charge is 2.22. The van der Waals surface area contributed by atoms with Gasteiger partial charge in [-0.1, -0.05) is 11.6 Å². The molecule has 23 heavy (non-hydrogen) atoms. The summed E-state index contributed by atoms with van der Waals surface area (Å²) in [4.78, 5) is 26.1. The number of carboxylic acids is 1. The summed E-state index contributed by atoms with van der Waals surface area (Å²) in [6.07, 6.45) is -0.287. The van der Waals surface area contributed by atoms with Gasteiger partial charge in [0.25, 0.3) is 10.0 Å². The first-order valence-electron chi connectivity index (χ1n) is 6.03. The molecule has 0 fully saturated rings. The van der Waals surface area contributed by atoms with Crippen LogP contribution in [-0.2, 0) is 19.7 Å². The Kier molecular flexibility index (Phi) is 6.87. The molecule has 4 N–H and O–H groups in total. The first kappa shape index (κ1) is 19.3. The number of benzene rings is 1. The Morgan fingerprint density at radius 1 is 1.30 bits per heavy atom. The van der Waals surface area contributed by atoms with Gasteiger partial charge in [0.15, 0.2) is 0 Å². The summed E-state index contributed by atoms with van der Waals surface area (Å²) in [5.74, 6) is -2.24. The SMILES string of the molecule is O=C(CCCON(O)O)NS(=O)(=O)c1cc(C(=O)O)ccc1Cl. The lowest BCUT2D eigenvalue weighted by Gasteiger charge is -2.09. The van der Waals surface area contributed by atoms with Gasteiger partial charge in [-0.25, -0.2) is 17.9 Å². The van der Waals surface area contributed by atoms with Crippen LogP contribution < -0.4 is 4.72 Å². The van der Waals surface area contributed by atoms with Crippen LogP contribution in [0, 0.1) is 0 Å². The van der Waals surface area contributed by atoms with Crippen molar-refractivity contribution in [3.8, 4) is 0 Å². The van der Waals surface area contributed by atoms with Gasteiger partial charge in [0.05, 0.1) is 22.6 Å². The fourth-order valence-electron chi connectivity index (χ4n) is 1.48. The molecule has 0 bridgehead atoms. The molecule has 1 amide bonds. The number of carbonyl (C=O) groups excluding carboxylic acids is 1. The standard InChI is InChI=1S/C11H13ClN2O8S/c12-8-4-3-7(11(16)17)6-9(8)23(20,21)13-10(15)2-1-5-22-14(18)19/h3-4,6,18-19H,1-2,5H2,(H,13,15)(H,16,17). The summed E-state index contributed by atoms with van der Waals surface area (Å²) in [5.41, 5.74) is -0.304. The third kappa shape index (κ3) is 6.09. The molecule has 0 aliphatic carbocycles. The van der Waals surface area contributed by atoms with Crippen LogP contribution in [0.1, 0.15) is 23.2 Å². The molecule has 1 aromatic rings. The van der Waals surface area contributed by atoms with Gasteiger partial charge in [0, 0.05) is 6.42 Å². The van der Waals surface area contributed by atoms with Crippen LogP contribution in [0.3, 0.4) is 0 Å². The van der Waals surface area contributed by atoms with Crippen LogP contribution in [0.15, 0.2) is 23.1 Å². The highest BCUT2D eigenvalue weighted by Crippen LogP contribution is 2.22. The molecule has 128 valence electrons. The highest BCUT2D eigenvalue weighted by molar-refractivity contribution is 7.90. The van der Waals surface area contributed by atoms with E-state index in [-0.39, 0.29) is 30.0 Å². The zero-order valence-corrected chi connectivity index (χ0v) is 13.0. The fraction of sp³-hybridized carbons (Fsp3) is 0.273. The van der Waals surface area contributed by atoms with E-state index in [1.54, 1.807) is 4.72 Å². The molecule has 1 aromatic carbocycles. The van der Waals surface area contributed by atoms with E-state index in [1.165, 1.54) is 0 Å². The molecular formula is C11H13ClN2O8S. The number of aromatic carboxylic acids is 1. The molecule has 10 nitrogen and oxygen atoms in total. The van der Waals surface area contributed by atoms with E-state index in [9.17, 15) is 18.0 Å². The number of sulfonamides is 1. The summed E-state index contributed by atoms with van der Waals surface area (Å²) < 4.78 is 25.8. The summed E-state index contributed by atoms with van der Waals surface area (Å²) in [6.45, 7) is -0.240. The Morgan fingerprint density at radius 3 is 2.52 bits per heavy atom. The Hall–Kier alpha value is -1.76. The molecule has 0 unspecified atom stereocenters. The zero-order valence-electron chi connectivity index (χ0n) is 11.5. The highest BCUT2D eigenvalue weighted by atomic mass is 35.5. The number of nitrogens with zero attached hydrogens (tertiary/aromatic N) is 1. The van der Waals surface area contributed by atoms with Crippen molar-refractivity contribution in [1.29, 1.82) is 0 Å². The quantitative estimate of drug-likeness (QED) is 0.382. The lowest BCUT2D eigenvalue weighted by Crippen LogP contribution is -2.31. The largest absolute Gasteiger partial charge is 0.478 e. The Morgan fingerprint density at radius 2 is 1.96 bits per heavy atom. The third-order valence-electron chi connectivity index (χ3n) is 2.47. The van der Waals surface area contributed by atoms with Crippen molar-refractivity contribution in [3.05, 3.63) is 28.8 Å². The molecule has 12 heteroatoms. The van der Waals surface area contributed by atoms with Gasteiger partial charge in [-0.2, -0.15) is 0 Å². The van der Waals surface area contributed by atoms with Crippen molar-refractivity contribution in [2.45, 2.75) is 17.7 Å². The Balaban J connectivity index is 2.77. The van der Waals surface area contributed by atoms with Crippen LogP contribution in [0.2, 0.25) is 5.02 Å². The number of hydrogen-bond acceptors (Lipinski definition) is 8. The molecular weight excluding hydrogens is 356 g/mol. The van der Waals surface area contributed by atoms with Gasteiger partial charge in [0.1, 0.15) is 4.90 Å². The van der Waals surface area contributed by atoms with E-state index in [4.69, 9.17) is 27.1 Å². The lowest BCUT2D eigenvalue weighted by molar-refractivity contribution is -0.492. The minimum Gasteiger partial charge on any atom is -0.478 e. The van der Waals surface area contributed by atoms with Gasteiger partial charge < -0.3 is 5.11 Å². The third-order valence-corrected chi connectivity index (χ3v) is 4.33. The predicted molar refractivity (Wildman–Crippen MR) is 74.3 cm³/mol. The maximum absolute atomic E-state index is 12.1. The first-order chi connectivity index (χ1) is 10.6. The van der Waals surface area contributed by atoms with Crippen molar-refractivity contribution in [3.63, 3.8) is 0 Å². The van der Waals surface area contributed by atoms with E-state index in [0.29, 0.717) is 0 Å². The van der Waals surface area contributed by atoms with Crippen LogP contribution >= 0.6 is 11.6 Å². The maximum atomic E-state index is 12.1. The van der Waals surface area contributed by atoms with E-state index < -0.39 is 32.2 Å². The van der Waals surface area contributed by atoms with Crippen molar-refractivity contribution < 1.29 is 38.4 Å². The van der Waals surface area contributed by atoms with E-state index in [1.807, 2.05) is 0 Å². The molecule has 0 saturated heterocycles. The van der Waals surface area contributed by atoms with Gasteiger partial charge >= 0.3 is 5.97 Å². The molecule has 1 rings (SSSR count). The molecule has 0 aromatic heterocycles. The molecule has 0 aliphatic heterocycles. The van der Waals surface area contributed by atoms with E-state index >= 15 is 0 Å². The fourth-order valence-corrected chi connectivity index (χ4v) is 3.02. The van der Waals surface area contributed by atoms with Gasteiger partial charge in [-0.05, 0) is 24.6 Å². The summed E-state index contributed by atoms with van der Waals surface area (Å²) >= 11 is 5.73. The van der Waals surface area contributed by atoms with Gasteiger partial charge in [-0.3, -0.25) is 20.0 Å². The monoisotopic (exact) mass is 368 g/mol. The average Bonchev–Trinajstić information content (AvgIpc) is 2.42. The number of halogens is 1. The van der Waals surface area contributed by atoms with Crippen LogP contribution in [0.4, 0.5) is 0 Å². The van der Waals surface area contributed by atoms with E-state index in [0.717, 1.165) is 18.2 Å². The number of hydrogen-bond donors (Lipinski definition) is 4. The van der Waals surface area contributed by atoms with Crippen molar-refractivity contribution in [1.82, 2.24) is 10.1 Å². The smallest absolute Gasteiger partial charge is 0.335 e. The molecule has 0 radical (unpaired) electrons. The molecule has 0 heterocycles. The first-order valence-corrected chi connectivity index (χ1v) is 7.89. The summed E-state index contributed by atoms with van der Waals surface area (Å²) in [5, 5.41) is 24.6. The number of amides is 1. The molecule has 0 spiro atoms. The van der Waals surface area contributed by atoms with E-state index in [2.05, 4.69) is 4.84 Å². The maximum Gasteiger partial charge on any atom is 0.335 e. The van der Waals surface area contributed by atoms with Gasteiger partial charge in [-0.15, -0.1) is 0 Å². The Labute approximate surface area is 135 Å².